The van der Waals surface area contributed by atoms with E-state index in [9.17, 15) is 9.59 Å². The lowest BCUT2D eigenvalue weighted by Gasteiger charge is -2.19. The van der Waals surface area contributed by atoms with E-state index in [1.807, 2.05) is 6.92 Å². The molecule has 0 unspecified atom stereocenters. The van der Waals surface area contributed by atoms with Gasteiger partial charge in [0, 0.05) is 6.61 Å². The third-order valence-corrected chi connectivity index (χ3v) is 2.97. The number of imidazole rings is 1. The second kappa shape index (κ2) is 6.36. The number of amides is 1. The number of carbonyl (C=O) groups excluding carboxylic acids is 2. The van der Waals surface area contributed by atoms with E-state index < -0.39 is 11.4 Å². The van der Waals surface area contributed by atoms with Gasteiger partial charge >= 0.3 is 0 Å². The molecule has 1 aromatic rings. The molecule has 0 aliphatic heterocycles. The molecule has 0 saturated carbocycles. The highest BCUT2D eigenvalue weighted by molar-refractivity contribution is 6.40. The molecule has 6 nitrogen and oxygen atoms in total. The molecule has 19 heavy (non-hydrogen) atoms. The van der Waals surface area contributed by atoms with Gasteiger partial charge in [-0.15, -0.1) is 0 Å². The van der Waals surface area contributed by atoms with Crippen LogP contribution in [-0.4, -0.2) is 33.9 Å². The second-order valence-corrected chi connectivity index (χ2v) is 5.08. The minimum atomic E-state index is -1.00. The molecule has 1 N–H and O–H groups in total. The maximum atomic E-state index is 12.0. The molecule has 1 heterocycles. The third kappa shape index (κ3) is 3.92. The number of nitrogens with one attached hydrogen (secondary N) is 1. The van der Waals surface area contributed by atoms with Crippen LogP contribution in [0.15, 0.2) is 0 Å². The minimum absolute atomic E-state index is 0.00150. The monoisotopic (exact) mass is 307 g/mol. The summed E-state index contributed by atoms with van der Waals surface area (Å²) in [7, 11) is 0. The van der Waals surface area contributed by atoms with Crippen LogP contribution in [0, 0.1) is 0 Å². The molecule has 0 radical (unpaired) electrons. The van der Waals surface area contributed by atoms with Crippen molar-refractivity contribution in [2.75, 3.05) is 6.61 Å². The van der Waals surface area contributed by atoms with Gasteiger partial charge in [0.25, 0.3) is 5.91 Å². The molecule has 106 valence electrons. The zero-order valence-corrected chi connectivity index (χ0v) is 12.4. The largest absolute Gasteiger partial charge is 0.361 e. The fraction of sp³-hybridized carbons (Fsp3) is 0.545. The Balaban J connectivity index is 3.02. The van der Waals surface area contributed by atoms with Gasteiger partial charge in [0.1, 0.15) is 18.2 Å². The van der Waals surface area contributed by atoms with Crippen molar-refractivity contribution in [3.63, 3.8) is 0 Å². The van der Waals surface area contributed by atoms with Gasteiger partial charge in [-0.3, -0.25) is 9.36 Å². The van der Waals surface area contributed by atoms with Crippen molar-refractivity contribution in [1.29, 1.82) is 0 Å². The Morgan fingerprint density at radius 1 is 1.53 bits per heavy atom. The van der Waals surface area contributed by atoms with Crippen LogP contribution in [0.4, 0.5) is 0 Å². The van der Waals surface area contributed by atoms with Gasteiger partial charge in [-0.05, 0) is 20.8 Å². The number of rotatable bonds is 6. The third-order valence-electron chi connectivity index (χ3n) is 2.22. The van der Waals surface area contributed by atoms with Crippen molar-refractivity contribution in [3.8, 4) is 0 Å². The Labute approximate surface area is 121 Å². The highest BCUT2D eigenvalue weighted by Gasteiger charge is 2.25. The van der Waals surface area contributed by atoms with Gasteiger partial charge in [0.05, 0.1) is 5.54 Å². The first kappa shape index (κ1) is 15.9. The molecular weight excluding hydrogens is 293 g/mol. The Hall–Kier alpha value is -1.11. The highest BCUT2D eigenvalue weighted by atomic mass is 35.5. The van der Waals surface area contributed by atoms with Gasteiger partial charge in [-0.1, -0.05) is 23.2 Å². The lowest BCUT2D eigenvalue weighted by atomic mass is 10.1. The molecule has 0 aliphatic rings. The van der Waals surface area contributed by atoms with Gasteiger partial charge in [0.15, 0.2) is 5.15 Å². The Morgan fingerprint density at radius 2 is 2.16 bits per heavy atom. The summed E-state index contributed by atoms with van der Waals surface area (Å²) in [5, 5.41) is 2.64. The lowest BCUT2D eigenvalue weighted by Crippen LogP contribution is -2.45. The fourth-order valence-electron chi connectivity index (χ4n) is 1.26. The summed E-state index contributed by atoms with van der Waals surface area (Å²) in [5.74, 6) is -0.552. The van der Waals surface area contributed by atoms with Crippen LogP contribution in [0.25, 0.3) is 0 Å². The van der Waals surface area contributed by atoms with E-state index in [1.165, 1.54) is 4.57 Å². The molecule has 1 aromatic heterocycles. The molecule has 0 aromatic carbocycles. The van der Waals surface area contributed by atoms with Crippen molar-refractivity contribution in [3.05, 3.63) is 16.1 Å². The maximum Gasteiger partial charge on any atom is 0.288 e. The van der Waals surface area contributed by atoms with Crippen LogP contribution in [0.1, 0.15) is 31.4 Å². The quantitative estimate of drug-likeness (QED) is 0.815. The van der Waals surface area contributed by atoms with Gasteiger partial charge in [-0.25, -0.2) is 4.98 Å². The smallest absolute Gasteiger partial charge is 0.288 e. The van der Waals surface area contributed by atoms with E-state index in [0.29, 0.717) is 12.9 Å². The van der Waals surface area contributed by atoms with E-state index in [4.69, 9.17) is 27.9 Å². The zero-order chi connectivity index (χ0) is 14.6. The number of ether oxygens (including phenoxy) is 1. The summed E-state index contributed by atoms with van der Waals surface area (Å²) in [5.41, 5.74) is -1.00. The zero-order valence-electron chi connectivity index (χ0n) is 10.9. The van der Waals surface area contributed by atoms with Crippen LogP contribution in [0.5, 0.6) is 0 Å². The lowest BCUT2D eigenvalue weighted by molar-refractivity contribution is -0.112. The van der Waals surface area contributed by atoms with Gasteiger partial charge < -0.3 is 14.8 Å². The number of hydrogen-bond acceptors (Lipinski definition) is 4. The minimum Gasteiger partial charge on any atom is -0.361 e. The molecule has 1 rings (SSSR count). The average Bonchev–Trinajstić information content (AvgIpc) is 2.63. The van der Waals surface area contributed by atoms with E-state index in [1.54, 1.807) is 13.8 Å². The number of nitrogens with zero attached hydrogens (tertiary/aromatic N) is 2. The first-order valence-electron chi connectivity index (χ1n) is 5.60. The van der Waals surface area contributed by atoms with Crippen LogP contribution < -0.4 is 5.32 Å². The number of aromatic nitrogens is 2. The second-order valence-electron chi connectivity index (χ2n) is 4.36. The van der Waals surface area contributed by atoms with Crippen LogP contribution >= 0.6 is 23.2 Å². The summed E-state index contributed by atoms with van der Waals surface area (Å²) in [4.78, 5) is 26.7. The predicted molar refractivity (Wildman–Crippen MR) is 71.5 cm³/mol. The van der Waals surface area contributed by atoms with E-state index in [0.717, 1.165) is 0 Å². The van der Waals surface area contributed by atoms with E-state index in [-0.39, 0.29) is 22.9 Å². The van der Waals surface area contributed by atoms with Crippen molar-refractivity contribution in [1.82, 2.24) is 14.9 Å². The molecule has 0 spiro atoms. The highest BCUT2D eigenvalue weighted by Crippen LogP contribution is 2.23. The predicted octanol–water partition coefficient (Wildman–Crippen LogP) is 1.89. The molecule has 8 heteroatoms. The first-order valence-corrected chi connectivity index (χ1v) is 6.36. The molecule has 1 amide bonds. The Morgan fingerprint density at radius 3 is 2.68 bits per heavy atom. The summed E-state index contributed by atoms with van der Waals surface area (Å²) >= 11 is 11.7. The van der Waals surface area contributed by atoms with Crippen LogP contribution in [0.2, 0.25) is 10.3 Å². The molecule has 0 fully saturated rings. The summed E-state index contributed by atoms with van der Waals surface area (Å²) < 4.78 is 6.53. The van der Waals surface area contributed by atoms with Crippen molar-refractivity contribution in [2.24, 2.45) is 0 Å². The Kier molecular flexibility index (Phi) is 5.34. The summed E-state index contributed by atoms with van der Waals surface area (Å²) in [6, 6.07) is 0. The maximum absolute atomic E-state index is 12.0. The SMILES string of the molecule is CCOCn1c(C(=O)NC(C)(C)C=O)nc(Cl)c1Cl. The number of aldehydes is 1. The molecule has 0 saturated heterocycles. The summed E-state index contributed by atoms with van der Waals surface area (Å²) in [6.07, 6.45) is 0.629. The average molecular weight is 308 g/mol. The van der Waals surface area contributed by atoms with Crippen molar-refractivity contribution < 1.29 is 14.3 Å². The number of carbonyl (C=O) groups is 2. The molecular formula is C11H15Cl2N3O3. The van der Waals surface area contributed by atoms with Crippen LogP contribution in [0.3, 0.4) is 0 Å². The topological polar surface area (TPSA) is 73.2 Å². The Bertz CT molecular complexity index is 486. The van der Waals surface area contributed by atoms with Crippen molar-refractivity contribution in [2.45, 2.75) is 33.0 Å². The van der Waals surface area contributed by atoms with Gasteiger partial charge in [-0.2, -0.15) is 0 Å². The van der Waals surface area contributed by atoms with Crippen LogP contribution in [-0.2, 0) is 16.3 Å². The van der Waals surface area contributed by atoms with E-state index in [2.05, 4.69) is 10.3 Å². The molecule has 0 bridgehead atoms. The van der Waals surface area contributed by atoms with E-state index >= 15 is 0 Å². The standard InChI is InChI=1S/C11H15Cl2N3O3/c1-4-19-6-16-8(13)7(12)14-9(16)10(18)15-11(2,3)5-17/h5H,4,6H2,1-3H3,(H,15,18). The number of hydrogen-bond donors (Lipinski definition) is 1. The normalized spacial score (nSPS) is 11.4. The fourth-order valence-corrected chi connectivity index (χ4v) is 1.61. The van der Waals surface area contributed by atoms with Gasteiger partial charge in [0.2, 0.25) is 5.82 Å². The first-order chi connectivity index (χ1) is 8.82. The summed E-state index contributed by atoms with van der Waals surface area (Å²) in [6.45, 7) is 5.45. The van der Waals surface area contributed by atoms with Crippen molar-refractivity contribution >= 4 is 35.4 Å². The molecule has 0 atom stereocenters. The molecule has 0 aliphatic carbocycles. The number of halogens is 2.